The molecule has 0 saturated heterocycles. The van der Waals surface area contributed by atoms with E-state index in [0.29, 0.717) is 25.9 Å². The van der Waals surface area contributed by atoms with E-state index < -0.39 is 12.1 Å². The van der Waals surface area contributed by atoms with Gasteiger partial charge in [-0.2, -0.15) is 0 Å². The SMILES string of the molecule is CCCCC/C=C\C/C=C\CCCCCCCCCC(=O)OCCCCCCCCCCCCCCCCCCCCCCCCCCCCCCCCCCCCCCCCCC(=O)NC(CO)C(O)CCCCCCCCCCCCC. The third kappa shape index (κ3) is 69.4. The van der Waals surface area contributed by atoms with Crippen molar-refractivity contribution < 1.29 is 24.5 Å². The van der Waals surface area contributed by atoms with Crippen molar-refractivity contribution in [2.75, 3.05) is 13.2 Å². The molecule has 498 valence electrons. The van der Waals surface area contributed by atoms with Crippen molar-refractivity contribution in [2.24, 2.45) is 0 Å². The van der Waals surface area contributed by atoms with E-state index in [-0.39, 0.29) is 18.5 Å². The minimum atomic E-state index is -0.658. The smallest absolute Gasteiger partial charge is 0.305 e. The monoisotopic (exact) mass is 1180 g/mol. The van der Waals surface area contributed by atoms with Gasteiger partial charge in [0.25, 0.3) is 0 Å². The number of carbonyl (C=O) groups is 2. The fourth-order valence-corrected chi connectivity index (χ4v) is 12.4. The van der Waals surface area contributed by atoms with Crippen molar-refractivity contribution in [3.63, 3.8) is 0 Å². The lowest BCUT2D eigenvalue weighted by Gasteiger charge is -2.22. The molecule has 2 unspecified atom stereocenters. The number of amides is 1. The number of ether oxygens (including phenoxy) is 1. The summed E-state index contributed by atoms with van der Waals surface area (Å²) in [5, 5.41) is 23.2. The molecule has 0 bridgehead atoms. The molecule has 6 heteroatoms. The van der Waals surface area contributed by atoms with E-state index in [9.17, 15) is 19.8 Å². The highest BCUT2D eigenvalue weighted by Crippen LogP contribution is 2.20. The summed E-state index contributed by atoms with van der Waals surface area (Å²) in [6.45, 7) is 4.95. The van der Waals surface area contributed by atoms with E-state index >= 15 is 0 Å². The van der Waals surface area contributed by atoms with E-state index in [1.54, 1.807) is 0 Å². The van der Waals surface area contributed by atoms with Crippen molar-refractivity contribution in [3.8, 4) is 0 Å². The fourth-order valence-electron chi connectivity index (χ4n) is 12.4. The highest BCUT2D eigenvalue weighted by Gasteiger charge is 2.20. The van der Waals surface area contributed by atoms with E-state index in [1.807, 2.05) is 0 Å². The summed E-state index contributed by atoms with van der Waals surface area (Å²) in [7, 11) is 0. The summed E-state index contributed by atoms with van der Waals surface area (Å²) in [5.74, 6) is -0.0105. The van der Waals surface area contributed by atoms with Crippen LogP contribution in [0, 0.1) is 0 Å². The van der Waals surface area contributed by atoms with Crippen LogP contribution in [0.15, 0.2) is 24.3 Å². The first-order chi connectivity index (χ1) is 41.5. The van der Waals surface area contributed by atoms with Gasteiger partial charge in [0.1, 0.15) is 0 Å². The Morgan fingerprint density at radius 3 is 0.929 bits per heavy atom. The Morgan fingerprint density at radius 1 is 0.333 bits per heavy atom. The molecule has 6 nitrogen and oxygen atoms in total. The van der Waals surface area contributed by atoms with Crippen LogP contribution >= 0.6 is 0 Å². The van der Waals surface area contributed by atoms with E-state index in [2.05, 4.69) is 43.5 Å². The molecule has 1 amide bonds. The summed E-state index contributed by atoms with van der Waals surface area (Å²) < 4.78 is 5.51. The number of aliphatic hydroxyl groups excluding tert-OH is 2. The average Bonchev–Trinajstić information content (AvgIpc) is 3.53. The van der Waals surface area contributed by atoms with Gasteiger partial charge in [-0.25, -0.2) is 0 Å². The number of unbranched alkanes of at least 4 members (excludes halogenated alkanes) is 58. The molecule has 0 radical (unpaired) electrons. The molecule has 0 saturated carbocycles. The highest BCUT2D eigenvalue weighted by atomic mass is 16.5. The van der Waals surface area contributed by atoms with Crippen LogP contribution in [0.3, 0.4) is 0 Å². The lowest BCUT2D eigenvalue weighted by atomic mass is 10.0. The third-order valence-electron chi connectivity index (χ3n) is 18.3. The topological polar surface area (TPSA) is 95.9 Å². The minimum absolute atomic E-state index is 0.0169. The van der Waals surface area contributed by atoms with Gasteiger partial charge in [-0.15, -0.1) is 0 Å². The second kappa shape index (κ2) is 73.8. The zero-order chi connectivity index (χ0) is 60.6. The van der Waals surface area contributed by atoms with Gasteiger partial charge in [-0.1, -0.05) is 391 Å². The number of nitrogens with one attached hydrogen (secondary N) is 1. The van der Waals surface area contributed by atoms with Crippen LogP contribution < -0.4 is 5.32 Å². The molecular weight excluding hydrogens is 1030 g/mol. The van der Waals surface area contributed by atoms with Crippen molar-refractivity contribution >= 4 is 11.9 Å². The van der Waals surface area contributed by atoms with Gasteiger partial charge in [0.2, 0.25) is 5.91 Å². The molecular formula is C78H151NO5. The number of hydrogen-bond acceptors (Lipinski definition) is 5. The molecule has 0 rings (SSSR count). The maximum atomic E-state index is 12.5. The number of aliphatic hydroxyl groups is 2. The summed E-state index contributed by atoms with van der Waals surface area (Å²) >= 11 is 0. The first-order valence-electron chi connectivity index (χ1n) is 38.6. The molecule has 0 aliphatic rings. The zero-order valence-corrected chi connectivity index (χ0v) is 57.2. The Labute approximate surface area is 526 Å². The van der Waals surface area contributed by atoms with Gasteiger partial charge >= 0.3 is 5.97 Å². The second-order valence-corrected chi connectivity index (χ2v) is 26.7. The van der Waals surface area contributed by atoms with Gasteiger partial charge in [-0.3, -0.25) is 9.59 Å². The largest absolute Gasteiger partial charge is 0.466 e. The fraction of sp³-hybridized carbons (Fsp3) is 0.923. The zero-order valence-electron chi connectivity index (χ0n) is 57.2. The predicted octanol–water partition coefficient (Wildman–Crippen LogP) is 25.3. The lowest BCUT2D eigenvalue weighted by Crippen LogP contribution is -2.45. The molecule has 0 fully saturated rings. The molecule has 0 aromatic rings. The van der Waals surface area contributed by atoms with E-state index in [1.165, 1.54) is 353 Å². The highest BCUT2D eigenvalue weighted by molar-refractivity contribution is 5.76. The number of carbonyl (C=O) groups excluding carboxylic acids is 2. The first kappa shape index (κ1) is 82.3. The molecule has 84 heavy (non-hydrogen) atoms. The molecule has 2 atom stereocenters. The molecule has 3 N–H and O–H groups in total. The summed E-state index contributed by atoms with van der Waals surface area (Å²) in [6.07, 6.45) is 94.3. The van der Waals surface area contributed by atoms with Crippen LogP contribution in [0.5, 0.6) is 0 Å². The first-order valence-corrected chi connectivity index (χ1v) is 38.6. The molecule has 0 aromatic heterocycles. The third-order valence-corrected chi connectivity index (χ3v) is 18.3. The maximum Gasteiger partial charge on any atom is 0.305 e. The molecule has 0 heterocycles. The molecule has 0 spiro atoms. The van der Waals surface area contributed by atoms with E-state index in [4.69, 9.17) is 4.74 Å². The van der Waals surface area contributed by atoms with Crippen molar-refractivity contribution in [1.29, 1.82) is 0 Å². The van der Waals surface area contributed by atoms with Gasteiger partial charge in [0, 0.05) is 12.8 Å². The second-order valence-electron chi connectivity index (χ2n) is 26.7. The van der Waals surface area contributed by atoms with Crippen molar-refractivity contribution in [3.05, 3.63) is 24.3 Å². The summed E-state index contributed by atoms with van der Waals surface area (Å²) in [6, 6.07) is -0.535. The average molecular weight is 1180 g/mol. The quantitative estimate of drug-likeness (QED) is 0.0320. The van der Waals surface area contributed by atoms with E-state index in [0.717, 1.165) is 51.4 Å². The molecule has 0 aromatic carbocycles. The van der Waals surface area contributed by atoms with Crippen LogP contribution in [0.1, 0.15) is 438 Å². The van der Waals surface area contributed by atoms with Crippen LogP contribution in [-0.2, 0) is 14.3 Å². The van der Waals surface area contributed by atoms with Crippen LogP contribution in [0.2, 0.25) is 0 Å². The van der Waals surface area contributed by atoms with Crippen LogP contribution in [0.25, 0.3) is 0 Å². The number of rotatable bonds is 73. The van der Waals surface area contributed by atoms with Crippen molar-refractivity contribution in [1.82, 2.24) is 5.32 Å². The van der Waals surface area contributed by atoms with Gasteiger partial charge < -0.3 is 20.3 Å². The normalized spacial score (nSPS) is 12.6. The minimum Gasteiger partial charge on any atom is -0.466 e. The maximum absolute atomic E-state index is 12.5. The lowest BCUT2D eigenvalue weighted by molar-refractivity contribution is -0.143. The summed E-state index contributed by atoms with van der Waals surface area (Å²) in [5.41, 5.74) is 0. The molecule has 0 aliphatic carbocycles. The molecule has 0 aliphatic heterocycles. The van der Waals surface area contributed by atoms with Crippen LogP contribution in [-0.4, -0.2) is 47.4 Å². The van der Waals surface area contributed by atoms with Gasteiger partial charge in [0.05, 0.1) is 25.4 Å². The Balaban J connectivity index is 3.26. The Bertz CT molecular complexity index is 1320. The number of esters is 1. The van der Waals surface area contributed by atoms with Gasteiger partial charge in [0.15, 0.2) is 0 Å². The summed E-state index contributed by atoms with van der Waals surface area (Å²) in [4.78, 5) is 24.6. The van der Waals surface area contributed by atoms with Gasteiger partial charge in [-0.05, 0) is 57.8 Å². The predicted molar refractivity (Wildman–Crippen MR) is 370 cm³/mol. The van der Waals surface area contributed by atoms with Crippen molar-refractivity contribution in [2.45, 2.75) is 450 Å². The standard InChI is InChI=1S/C78H151NO5/c1-3-5-7-9-11-13-15-16-17-41-45-48-52-56-60-64-68-72-78(83)84-73-69-65-61-57-53-49-46-43-40-38-36-34-32-30-28-26-24-22-20-18-19-21-23-25-27-29-31-33-35-37-39-42-44-47-51-55-59-63-67-71-77(82)79-75(74-80)76(81)70-66-62-58-54-50-14-12-10-8-6-4-2/h11,13,16-17,75-76,80-81H,3-10,12,14-15,18-74H2,1-2H3,(H,79,82)/b13-11-,17-16-. The number of hydrogen-bond donors (Lipinski definition) is 3. The Morgan fingerprint density at radius 2 is 0.595 bits per heavy atom. The Hall–Kier alpha value is -1.66. The Kier molecular flexibility index (Phi) is 72.3. The van der Waals surface area contributed by atoms with Crippen LogP contribution in [0.4, 0.5) is 0 Å². The number of allylic oxidation sites excluding steroid dienone is 4.